The summed E-state index contributed by atoms with van der Waals surface area (Å²) in [5.41, 5.74) is 0.483. The molecule has 1 saturated heterocycles. The fourth-order valence-electron chi connectivity index (χ4n) is 2.96. The average Bonchev–Trinajstić information content (AvgIpc) is 2.64. The van der Waals surface area contributed by atoms with Crippen LogP contribution in [0, 0.1) is 0 Å². The van der Waals surface area contributed by atoms with Crippen LogP contribution in [0.3, 0.4) is 0 Å². The number of hydrogen-bond donors (Lipinski definition) is 1. The molecule has 3 rings (SSSR count). The number of sulfonamides is 1. The topological polar surface area (TPSA) is 66.5 Å². The van der Waals surface area contributed by atoms with Gasteiger partial charge in [0.1, 0.15) is 6.04 Å². The highest BCUT2D eigenvalue weighted by Crippen LogP contribution is 2.27. The average molecular weight is 379 g/mol. The van der Waals surface area contributed by atoms with Gasteiger partial charge in [-0.3, -0.25) is 4.79 Å². The van der Waals surface area contributed by atoms with Gasteiger partial charge < -0.3 is 5.32 Å². The zero-order valence-electron chi connectivity index (χ0n) is 13.6. The Morgan fingerprint density at radius 3 is 2.44 bits per heavy atom. The van der Waals surface area contributed by atoms with Crippen molar-refractivity contribution in [2.45, 2.75) is 30.2 Å². The number of nitrogens with zero attached hydrogens (tertiary/aromatic N) is 1. The summed E-state index contributed by atoms with van der Waals surface area (Å²) in [4.78, 5) is 12.9. The lowest BCUT2D eigenvalue weighted by Gasteiger charge is -2.33. The lowest BCUT2D eigenvalue weighted by atomic mass is 10.0. The molecule has 1 aliphatic heterocycles. The van der Waals surface area contributed by atoms with E-state index in [2.05, 4.69) is 5.32 Å². The smallest absolute Gasteiger partial charge is 0.243 e. The second kappa shape index (κ2) is 7.56. The Hall–Kier alpha value is -1.89. The van der Waals surface area contributed by atoms with E-state index in [1.807, 2.05) is 0 Å². The molecule has 0 aromatic heterocycles. The van der Waals surface area contributed by atoms with Crippen LogP contribution in [0.15, 0.2) is 59.5 Å². The molecule has 1 atom stereocenters. The van der Waals surface area contributed by atoms with Crippen LogP contribution in [0.5, 0.6) is 0 Å². The molecule has 5 nitrogen and oxygen atoms in total. The molecule has 25 heavy (non-hydrogen) atoms. The summed E-state index contributed by atoms with van der Waals surface area (Å²) in [5.74, 6) is -0.354. The first kappa shape index (κ1) is 17.9. The van der Waals surface area contributed by atoms with E-state index in [1.165, 1.54) is 4.31 Å². The van der Waals surface area contributed by atoms with Gasteiger partial charge in [0, 0.05) is 6.54 Å². The van der Waals surface area contributed by atoms with Crippen LogP contribution < -0.4 is 5.32 Å². The predicted octanol–water partition coefficient (Wildman–Crippen LogP) is 3.52. The molecule has 132 valence electrons. The van der Waals surface area contributed by atoms with Gasteiger partial charge in [-0.15, -0.1) is 0 Å². The van der Waals surface area contributed by atoms with Crippen LogP contribution in [-0.2, 0) is 14.8 Å². The molecule has 2 aromatic carbocycles. The minimum absolute atomic E-state index is 0.201. The summed E-state index contributed by atoms with van der Waals surface area (Å²) in [5, 5.41) is 3.18. The van der Waals surface area contributed by atoms with Crippen LogP contribution in [0.4, 0.5) is 5.69 Å². The van der Waals surface area contributed by atoms with Gasteiger partial charge in [-0.2, -0.15) is 4.31 Å². The summed E-state index contributed by atoms with van der Waals surface area (Å²) in [6.45, 7) is 0.331. The van der Waals surface area contributed by atoms with Crippen LogP contribution in [0.1, 0.15) is 19.3 Å². The molecule has 7 heteroatoms. The molecule has 0 bridgehead atoms. The quantitative estimate of drug-likeness (QED) is 0.885. The summed E-state index contributed by atoms with van der Waals surface area (Å²) in [6.07, 6.45) is 2.03. The van der Waals surface area contributed by atoms with Gasteiger partial charge >= 0.3 is 0 Å². The van der Waals surface area contributed by atoms with Crippen molar-refractivity contribution < 1.29 is 13.2 Å². The maximum Gasteiger partial charge on any atom is 0.243 e. The Kier molecular flexibility index (Phi) is 5.42. The number of carbonyl (C=O) groups excluding carboxylic acids is 1. The fourth-order valence-corrected chi connectivity index (χ4v) is 4.82. The maximum absolute atomic E-state index is 12.9. The Balaban J connectivity index is 1.86. The SMILES string of the molecule is O=C(Nc1ccccc1Cl)[C@H]1CCCCN1S(=O)(=O)c1ccccc1. The van der Waals surface area contributed by atoms with Gasteiger partial charge in [-0.05, 0) is 37.1 Å². The summed E-state index contributed by atoms with van der Waals surface area (Å²) in [6, 6.07) is 14.4. The lowest BCUT2D eigenvalue weighted by Crippen LogP contribution is -2.49. The van der Waals surface area contributed by atoms with Gasteiger partial charge in [0.05, 0.1) is 15.6 Å². The number of halogens is 1. The van der Waals surface area contributed by atoms with Crippen molar-refractivity contribution >= 4 is 33.2 Å². The number of carbonyl (C=O) groups is 1. The Morgan fingerprint density at radius 1 is 1.04 bits per heavy atom. The lowest BCUT2D eigenvalue weighted by molar-refractivity contribution is -0.120. The van der Waals surface area contributed by atoms with Crippen molar-refractivity contribution in [3.05, 3.63) is 59.6 Å². The van der Waals surface area contributed by atoms with E-state index in [0.29, 0.717) is 23.7 Å². The standard InChI is InChI=1S/C18H19ClN2O3S/c19-15-10-4-5-11-16(15)20-18(22)17-12-6-7-13-21(17)25(23,24)14-8-2-1-3-9-14/h1-5,8-11,17H,6-7,12-13H2,(H,20,22)/t17-/m1/s1. The number of amides is 1. The monoisotopic (exact) mass is 378 g/mol. The van der Waals surface area contributed by atoms with E-state index in [-0.39, 0.29) is 10.8 Å². The van der Waals surface area contributed by atoms with E-state index in [1.54, 1.807) is 54.6 Å². The molecular weight excluding hydrogens is 360 g/mol. The summed E-state index contributed by atoms with van der Waals surface area (Å²) in [7, 11) is -3.72. The number of piperidine rings is 1. The second-order valence-corrected chi connectivity index (χ2v) is 8.21. The Morgan fingerprint density at radius 2 is 1.72 bits per heavy atom. The fraction of sp³-hybridized carbons (Fsp3) is 0.278. The molecule has 1 N–H and O–H groups in total. The van der Waals surface area contributed by atoms with Crippen molar-refractivity contribution in [2.75, 3.05) is 11.9 Å². The van der Waals surface area contributed by atoms with Gasteiger partial charge in [-0.1, -0.05) is 48.4 Å². The van der Waals surface area contributed by atoms with Crippen molar-refractivity contribution in [1.29, 1.82) is 0 Å². The molecule has 1 heterocycles. The Bertz CT molecular complexity index is 856. The minimum atomic E-state index is -3.72. The summed E-state index contributed by atoms with van der Waals surface area (Å²) >= 11 is 6.08. The first-order chi connectivity index (χ1) is 12.0. The highest BCUT2D eigenvalue weighted by molar-refractivity contribution is 7.89. The third-order valence-electron chi connectivity index (χ3n) is 4.24. The van der Waals surface area contributed by atoms with Crippen molar-refractivity contribution in [2.24, 2.45) is 0 Å². The van der Waals surface area contributed by atoms with Crippen LogP contribution in [-0.4, -0.2) is 31.2 Å². The zero-order chi connectivity index (χ0) is 17.9. The van der Waals surface area contributed by atoms with Crippen LogP contribution >= 0.6 is 11.6 Å². The van der Waals surface area contributed by atoms with E-state index in [9.17, 15) is 13.2 Å². The molecule has 1 aliphatic rings. The molecule has 0 spiro atoms. The van der Waals surface area contributed by atoms with E-state index >= 15 is 0 Å². The first-order valence-corrected chi connectivity index (χ1v) is 9.94. The molecular formula is C18H19ClN2O3S. The third-order valence-corrected chi connectivity index (χ3v) is 6.49. The van der Waals surface area contributed by atoms with Gasteiger partial charge in [0.15, 0.2) is 0 Å². The number of anilines is 1. The summed E-state index contributed by atoms with van der Waals surface area (Å²) < 4.78 is 27.2. The molecule has 0 saturated carbocycles. The molecule has 0 aliphatic carbocycles. The predicted molar refractivity (Wildman–Crippen MR) is 98.1 cm³/mol. The molecule has 0 unspecified atom stereocenters. The number of benzene rings is 2. The maximum atomic E-state index is 12.9. The van der Waals surface area contributed by atoms with E-state index in [4.69, 9.17) is 11.6 Å². The second-order valence-electron chi connectivity index (χ2n) is 5.91. The zero-order valence-corrected chi connectivity index (χ0v) is 15.1. The Labute approximate surface area is 152 Å². The van der Waals surface area contributed by atoms with Crippen molar-refractivity contribution in [3.63, 3.8) is 0 Å². The number of hydrogen-bond acceptors (Lipinski definition) is 3. The molecule has 1 fully saturated rings. The normalized spacial score (nSPS) is 18.7. The van der Waals surface area contributed by atoms with E-state index < -0.39 is 16.1 Å². The highest BCUT2D eigenvalue weighted by atomic mass is 35.5. The highest BCUT2D eigenvalue weighted by Gasteiger charge is 2.37. The van der Waals surface area contributed by atoms with Gasteiger partial charge in [-0.25, -0.2) is 8.42 Å². The van der Waals surface area contributed by atoms with Crippen LogP contribution in [0.25, 0.3) is 0 Å². The van der Waals surface area contributed by atoms with Gasteiger partial charge in [0.2, 0.25) is 15.9 Å². The van der Waals surface area contributed by atoms with Gasteiger partial charge in [0.25, 0.3) is 0 Å². The third kappa shape index (κ3) is 3.86. The minimum Gasteiger partial charge on any atom is -0.323 e. The number of nitrogens with one attached hydrogen (secondary N) is 1. The van der Waals surface area contributed by atoms with E-state index in [0.717, 1.165) is 12.8 Å². The van der Waals surface area contributed by atoms with Crippen LogP contribution in [0.2, 0.25) is 5.02 Å². The van der Waals surface area contributed by atoms with Crippen molar-refractivity contribution in [1.82, 2.24) is 4.31 Å². The van der Waals surface area contributed by atoms with Crippen molar-refractivity contribution in [3.8, 4) is 0 Å². The number of para-hydroxylation sites is 1. The molecule has 1 amide bonds. The largest absolute Gasteiger partial charge is 0.323 e. The first-order valence-electron chi connectivity index (χ1n) is 8.12. The number of rotatable bonds is 4. The molecule has 0 radical (unpaired) electrons. The molecule has 2 aromatic rings.